The van der Waals surface area contributed by atoms with Gasteiger partial charge in [-0.3, -0.25) is 4.79 Å². The van der Waals surface area contributed by atoms with Crippen LogP contribution in [0.2, 0.25) is 0 Å². The van der Waals surface area contributed by atoms with Gasteiger partial charge in [0.2, 0.25) is 5.91 Å². The standard InChI is InChI=1S/C15H21NO2/c1-15(2,12-6-4-3-5-7-12)14(18)16-10-13(17)11-8-9-11/h3-7,11,13,17H,8-10H2,1-2H3,(H,16,18). The first-order valence-electron chi connectivity index (χ1n) is 6.53. The first kappa shape index (κ1) is 13.1. The van der Waals surface area contributed by atoms with E-state index in [-0.39, 0.29) is 12.0 Å². The Morgan fingerprint density at radius 3 is 2.56 bits per heavy atom. The monoisotopic (exact) mass is 247 g/mol. The van der Waals surface area contributed by atoms with Crippen LogP contribution < -0.4 is 5.32 Å². The van der Waals surface area contributed by atoms with Crippen molar-refractivity contribution in [1.82, 2.24) is 5.32 Å². The number of aliphatic hydroxyl groups is 1. The SMILES string of the molecule is CC(C)(C(=O)NCC(O)C1CC1)c1ccccc1. The average molecular weight is 247 g/mol. The minimum absolute atomic E-state index is 0.0339. The summed E-state index contributed by atoms with van der Waals surface area (Å²) < 4.78 is 0. The number of benzene rings is 1. The molecule has 1 aromatic carbocycles. The average Bonchev–Trinajstić information content (AvgIpc) is 3.20. The molecule has 0 aliphatic heterocycles. The lowest BCUT2D eigenvalue weighted by molar-refractivity contribution is -0.126. The number of rotatable bonds is 5. The van der Waals surface area contributed by atoms with Crippen LogP contribution in [0, 0.1) is 5.92 Å². The first-order valence-corrected chi connectivity index (χ1v) is 6.53. The van der Waals surface area contributed by atoms with Crippen molar-refractivity contribution in [3.63, 3.8) is 0 Å². The summed E-state index contributed by atoms with van der Waals surface area (Å²) in [6.07, 6.45) is 1.78. The van der Waals surface area contributed by atoms with Crippen LogP contribution in [0.1, 0.15) is 32.3 Å². The maximum absolute atomic E-state index is 12.2. The Kier molecular flexibility index (Phi) is 3.71. The molecule has 3 heteroatoms. The largest absolute Gasteiger partial charge is 0.391 e. The van der Waals surface area contributed by atoms with Gasteiger partial charge in [0.15, 0.2) is 0 Å². The summed E-state index contributed by atoms with van der Waals surface area (Å²) in [7, 11) is 0. The van der Waals surface area contributed by atoms with E-state index in [1.807, 2.05) is 44.2 Å². The number of carbonyl (C=O) groups excluding carboxylic acids is 1. The molecule has 1 atom stereocenters. The summed E-state index contributed by atoms with van der Waals surface area (Å²) in [4.78, 5) is 12.2. The molecule has 0 heterocycles. The van der Waals surface area contributed by atoms with E-state index in [2.05, 4.69) is 5.32 Å². The summed E-state index contributed by atoms with van der Waals surface area (Å²) in [6.45, 7) is 4.17. The van der Waals surface area contributed by atoms with Crippen LogP contribution in [0.3, 0.4) is 0 Å². The molecule has 3 nitrogen and oxygen atoms in total. The van der Waals surface area contributed by atoms with Crippen molar-refractivity contribution in [3.8, 4) is 0 Å². The van der Waals surface area contributed by atoms with Crippen molar-refractivity contribution in [3.05, 3.63) is 35.9 Å². The van der Waals surface area contributed by atoms with Gasteiger partial charge < -0.3 is 10.4 Å². The van der Waals surface area contributed by atoms with E-state index in [1.54, 1.807) is 0 Å². The van der Waals surface area contributed by atoms with Gasteiger partial charge in [0.05, 0.1) is 11.5 Å². The molecule has 1 amide bonds. The number of amides is 1. The third-order valence-corrected chi connectivity index (χ3v) is 3.70. The fourth-order valence-corrected chi connectivity index (χ4v) is 2.05. The molecular weight excluding hydrogens is 226 g/mol. The zero-order chi connectivity index (χ0) is 13.2. The Morgan fingerprint density at radius 2 is 2.00 bits per heavy atom. The Morgan fingerprint density at radius 1 is 1.39 bits per heavy atom. The molecule has 98 valence electrons. The van der Waals surface area contributed by atoms with E-state index < -0.39 is 5.41 Å². The fraction of sp³-hybridized carbons (Fsp3) is 0.533. The molecule has 18 heavy (non-hydrogen) atoms. The van der Waals surface area contributed by atoms with Crippen LogP contribution in [-0.2, 0) is 10.2 Å². The van der Waals surface area contributed by atoms with Gasteiger partial charge in [-0.25, -0.2) is 0 Å². The number of hydrogen-bond donors (Lipinski definition) is 2. The van der Waals surface area contributed by atoms with Gasteiger partial charge >= 0.3 is 0 Å². The van der Waals surface area contributed by atoms with Gasteiger partial charge in [0, 0.05) is 6.54 Å². The van der Waals surface area contributed by atoms with Gasteiger partial charge in [0.25, 0.3) is 0 Å². The topological polar surface area (TPSA) is 49.3 Å². The molecule has 1 unspecified atom stereocenters. The third kappa shape index (κ3) is 2.91. The van der Waals surface area contributed by atoms with Gasteiger partial charge in [-0.1, -0.05) is 30.3 Å². The van der Waals surface area contributed by atoms with Gasteiger partial charge in [-0.2, -0.15) is 0 Å². The lowest BCUT2D eigenvalue weighted by Crippen LogP contribution is -2.43. The number of nitrogens with one attached hydrogen (secondary N) is 1. The van der Waals surface area contributed by atoms with Crippen LogP contribution in [0.4, 0.5) is 0 Å². The highest BCUT2D eigenvalue weighted by Crippen LogP contribution is 2.32. The van der Waals surface area contributed by atoms with Crippen LogP contribution in [0.15, 0.2) is 30.3 Å². The second-order valence-electron chi connectivity index (χ2n) is 5.61. The minimum Gasteiger partial charge on any atom is -0.391 e. The Labute approximate surface area is 108 Å². The predicted octanol–water partition coefficient (Wildman–Crippen LogP) is 1.85. The molecule has 0 radical (unpaired) electrons. The van der Waals surface area contributed by atoms with E-state index in [9.17, 15) is 9.90 Å². The lowest BCUT2D eigenvalue weighted by atomic mass is 9.84. The van der Waals surface area contributed by atoms with Crippen molar-refractivity contribution in [1.29, 1.82) is 0 Å². The van der Waals surface area contributed by atoms with Gasteiger partial charge in [-0.15, -0.1) is 0 Å². The van der Waals surface area contributed by atoms with E-state index in [4.69, 9.17) is 0 Å². The zero-order valence-electron chi connectivity index (χ0n) is 11.0. The van der Waals surface area contributed by atoms with Crippen LogP contribution in [0.5, 0.6) is 0 Å². The van der Waals surface area contributed by atoms with Crippen LogP contribution >= 0.6 is 0 Å². The smallest absolute Gasteiger partial charge is 0.230 e. The number of carbonyl (C=O) groups is 1. The summed E-state index contributed by atoms with van der Waals surface area (Å²) >= 11 is 0. The molecule has 1 saturated carbocycles. The van der Waals surface area contributed by atoms with Crippen LogP contribution in [-0.4, -0.2) is 23.7 Å². The number of aliphatic hydroxyl groups excluding tert-OH is 1. The van der Waals surface area contributed by atoms with Gasteiger partial charge in [-0.05, 0) is 38.2 Å². The molecule has 1 aliphatic carbocycles. The minimum atomic E-state index is -0.565. The second kappa shape index (κ2) is 5.11. The molecule has 2 N–H and O–H groups in total. The fourth-order valence-electron chi connectivity index (χ4n) is 2.05. The number of hydrogen-bond acceptors (Lipinski definition) is 2. The maximum Gasteiger partial charge on any atom is 0.230 e. The van der Waals surface area contributed by atoms with Crippen molar-refractivity contribution < 1.29 is 9.90 Å². The Hall–Kier alpha value is -1.35. The van der Waals surface area contributed by atoms with E-state index in [0.29, 0.717) is 12.5 Å². The van der Waals surface area contributed by atoms with Crippen molar-refractivity contribution >= 4 is 5.91 Å². The normalized spacial score (nSPS) is 17.3. The molecule has 0 saturated heterocycles. The molecule has 1 aliphatic rings. The maximum atomic E-state index is 12.2. The van der Waals surface area contributed by atoms with Crippen molar-refractivity contribution in [2.45, 2.75) is 38.2 Å². The lowest BCUT2D eigenvalue weighted by Gasteiger charge is -2.25. The predicted molar refractivity (Wildman–Crippen MR) is 71.2 cm³/mol. The summed E-state index contributed by atoms with van der Waals surface area (Å²) in [6, 6.07) is 9.72. The van der Waals surface area contributed by atoms with Crippen molar-refractivity contribution in [2.24, 2.45) is 5.92 Å². The highest BCUT2D eigenvalue weighted by Gasteiger charge is 2.33. The Bertz CT molecular complexity index is 410. The highest BCUT2D eigenvalue weighted by atomic mass is 16.3. The first-order chi connectivity index (χ1) is 8.51. The van der Waals surface area contributed by atoms with E-state index in [0.717, 1.165) is 18.4 Å². The molecule has 0 bridgehead atoms. The molecule has 0 spiro atoms. The zero-order valence-corrected chi connectivity index (χ0v) is 11.0. The molecule has 1 fully saturated rings. The highest BCUT2D eigenvalue weighted by molar-refractivity contribution is 5.87. The summed E-state index contributed by atoms with van der Waals surface area (Å²) in [5, 5.41) is 12.6. The van der Waals surface area contributed by atoms with E-state index in [1.165, 1.54) is 0 Å². The molecule has 0 aromatic heterocycles. The van der Waals surface area contributed by atoms with E-state index >= 15 is 0 Å². The second-order valence-corrected chi connectivity index (χ2v) is 5.61. The molecular formula is C15H21NO2. The quantitative estimate of drug-likeness (QED) is 0.834. The summed E-state index contributed by atoms with van der Waals surface area (Å²) in [5.41, 5.74) is 0.424. The third-order valence-electron chi connectivity index (χ3n) is 3.70. The van der Waals surface area contributed by atoms with Crippen LogP contribution in [0.25, 0.3) is 0 Å². The molecule has 2 rings (SSSR count). The summed E-state index contributed by atoms with van der Waals surface area (Å²) in [5.74, 6) is 0.360. The Balaban J connectivity index is 1.94. The van der Waals surface area contributed by atoms with Crippen molar-refractivity contribution in [2.75, 3.05) is 6.54 Å². The van der Waals surface area contributed by atoms with Gasteiger partial charge in [0.1, 0.15) is 0 Å². The molecule has 1 aromatic rings.